The highest BCUT2D eigenvalue weighted by atomic mass is 16.2. The number of hydrogen-bond donors (Lipinski definition) is 1. The average molecular weight is 725 g/mol. The predicted octanol–water partition coefficient (Wildman–Crippen LogP) is 6.30. The molecule has 294 valence electrons. The first kappa shape index (κ1) is 41.0. The molecule has 9 heteroatoms. The second kappa shape index (κ2) is 14.2. The van der Waals surface area contributed by atoms with Gasteiger partial charge in [-0.3, -0.25) is 33.8 Å². The summed E-state index contributed by atoms with van der Waals surface area (Å²) in [5.74, 6) is -2.65. The lowest BCUT2D eigenvalue weighted by molar-refractivity contribution is -0.147. The summed E-state index contributed by atoms with van der Waals surface area (Å²) < 4.78 is 0. The number of hydrogen-bond acceptors (Lipinski definition) is 7. The van der Waals surface area contributed by atoms with Crippen molar-refractivity contribution in [2.75, 3.05) is 39.8 Å². The zero-order valence-electron chi connectivity index (χ0n) is 34.7. The number of likely N-dealkylation sites (tertiary alicyclic amines) is 1. The summed E-state index contributed by atoms with van der Waals surface area (Å²) in [5, 5.41) is 0. The lowest BCUT2D eigenvalue weighted by atomic mass is 9.73. The minimum Gasteiger partial charge on any atom is -0.363 e. The Balaban J connectivity index is 1.37. The third-order valence-electron chi connectivity index (χ3n) is 15.7. The van der Waals surface area contributed by atoms with Gasteiger partial charge in [-0.05, 0) is 80.1 Å². The zero-order chi connectivity index (χ0) is 38.8. The topological polar surface area (TPSA) is 121 Å². The smallest absolute Gasteiger partial charge is 0.285 e. The van der Waals surface area contributed by atoms with E-state index in [0.717, 1.165) is 64.7 Å². The van der Waals surface area contributed by atoms with Gasteiger partial charge >= 0.3 is 0 Å². The molecule has 0 aromatic heterocycles. The van der Waals surface area contributed by atoms with E-state index in [1.54, 1.807) is 0 Å². The van der Waals surface area contributed by atoms with Gasteiger partial charge in [0.2, 0.25) is 11.7 Å². The fraction of sp³-hybridized carbons (Fsp3) is 0.884. The van der Waals surface area contributed by atoms with Gasteiger partial charge in [0.25, 0.3) is 5.91 Å². The summed E-state index contributed by atoms with van der Waals surface area (Å²) in [7, 11) is 2.18. The van der Waals surface area contributed by atoms with Gasteiger partial charge in [-0.2, -0.15) is 0 Å². The van der Waals surface area contributed by atoms with Gasteiger partial charge < -0.3 is 10.6 Å². The SMILES string of the molecule is CN1CCN(C[C@@H](CC(=O)C[C@H](C(=O)N2C[C@]3(C[C@H]2C(=O)CC(CC2CCC2)C(=O)C(N)=O)C(C)(C)C32CCC2)C(C)(C)C)C(C)(C)C)CC1(C)C. The van der Waals surface area contributed by atoms with Crippen LogP contribution in [0.3, 0.4) is 0 Å². The van der Waals surface area contributed by atoms with Crippen LogP contribution in [0.4, 0.5) is 0 Å². The molecule has 2 amide bonds. The molecule has 2 spiro atoms. The Morgan fingerprint density at radius 2 is 1.44 bits per heavy atom. The Hall–Kier alpha value is -2.13. The van der Waals surface area contributed by atoms with E-state index in [0.29, 0.717) is 31.7 Å². The van der Waals surface area contributed by atoms with Crippen LogP contribution in [0, 0.1) is 50.7 Å². The summed E-state index contributed by atoms with van der Waals surface area (Å²) in [6, 6.07) is -0.667. The Bertz CT molecular complexity index is 1410. The number of amides is 2. The van der Waals surface area contributed by atoms with Crippen molar-refractivity contribution in [3.63, 3.8) is 0 Å². The third kappa shape index (κ3) is 7.44. The number of piperazine rings is 1. The minimum atomic E-state index is -0.985. The van der Waals surface area contributed by atoms with Crippen LogP contribution in [-0.4, -0.2) is 95.2 Å². The van der Waals surface area contributed by atoms with Crippen molar-refractivity contribution in [1.82, 2.24) is 14.7 Å². The first-order chi connectivity index (χ1) is 23.9. The van der Waals surface area contributed by atoms with E-state index in [1.165, 1.54) is 0 Å². The first-order valence-electron chi connectivity index (χ1n) is 20.5. The summed E-state index contributed by atoms with van der Waals surface area (Å²) in [6.07, 6.45) is 8.03. The lowest BCUT2D eigenvalue weighted by Crippen LogP contribution is -2.58. The largest absolute Gasteiger partial charge is 0.363 e. The molecule has 1 unspecified atom stereocenters. The Labute approximate surface area is 314 Å². The van der Waals surface area contributed by atoms with Crippen LogP contribution in [0.1, 0.15) is 140 Å². The second-order valence-electron chi connectivity index (χ2n) is 21.4. The van der Waals surface area contributed by atoms with Crippen molar-refractivity contribution in [2.45, 2.75) is 151 Å². The minimum absolute atomic E-state index is 0.00894. The molecule has 3 saturated carbocycles. The van der Waals surface area contributed by atoms with E-state index >= 15 is 4.79 Å². The van der Waals surface area contributed by atoms with Crippen LogP contribution >= 0.6 is 0 Å². The monoisotopic (exact) mass is 725 g/mol. The maximum Gasteiger partial charge on any atom is 0.285 e. The second-order valence-corrected chi connectivity index (χ2v) is 21.4. The fourth-order valence-electron chi connectivity index (χ4n) is 11.1. The van der Waals surface area contributed by atoms with Gasteiger partial charge in [-0.15, -0.1) is 0 Å². The average Bonchev–Trinajstić information content (AvgIpc) is 3.19. The molecular formula is C43H72N4O5. The number of carbonyl (C=O) groups excluding carboxylic acids is 5. The van der Waals surface area contributed by atoms with Crippen LogP contribution in [0.15, 0.2) is 0 Å². The lowest BCUT2D eigenvalue weighted by Gasteiger charge is -2.47. The Morgan fingerprint density at radius 3 is 1.90 bits per heavy atom. The van der Waals surface area contributed by atoms with Crippen LogP contribution < -0.4 is 5.73 Å². The van der Waals surface area contributed by atoms with Gasteiger partial charge in [-0.1, -0.05) is 81.1 Å². The molecule has 9 nitrogen and oxygen atoms in total. The third-order valence-corrected chi connectivity index (χ3v) is 15.7. The number of rotatable bonds is 14. The van der Waals surface area contributed by atoms with Gasteiger partial charge in [0.05, 0.1) is 6.04 Å². The number of primary amides is 1. The summed E-state index contributed by atoms with van der Waals surface area (Å²) >= 11 is 0. The molecule has 0 aromatic rings. The van der Waals surface area contributed by atoms with E-state index in [9.17, 15) is 19.2 Å². The predicted molar refractivity (Wildman–Crippen MR) is 205 cm³/mol. The molecule has 2 N–H and O–H groups in total. The van der Waals surface area contributed by atoms with Gasteiger partial charge in [0, 0.05) is 74.8 Å². The molecule has 2 aliphatic heterocycles. The van der Waals surface area contributed by atoms with E-state index in [1.807, 2.05) is 25.7 Å². The van der Waals surface area contributed by atoms with E-state index in [-0.39, 0.29) is 63.4 Å². The van der Waals surface area contributed by atoms with Gasteiger partial charge in [0.1, 0.15) is 5.78 Å². The highest BCUT2D eigenvalue weighted by molar-refractivity contribution is 6.36. The number of likely N-dealkylation sites (N-methyl/N-ethyl adjacent to an activating group) is 1. The number of ketones is 3. The number of fused-ring (bicyclic) bond motifs is 1. The van der Waals surface area contributed by atoms with Crippen molar-refractivity contribution in [3.8, 4) is 0 Å². The Kier molecular flexibility index (Phi) is 11.2. The summed E-state index contributed by atoms with van der Waals surface area (Å²) in [5.41, 5.74) is 4.91. The van der Waals surface area contributed by atoms with Crippen LogP contribution in [0.25, 0.3) is 0 Å². The maximum atomic E-state index is 15.0. The Morgan fingerprint density at radius 1 is 0.808 bits per heavy atom. The van der Waals surface area contributed by atoms with Crippen LogP contribution in [0.5, 0.6) is 0 Å². The highest BCUT2D eigenvalue weighted by Gasteiger charge is 2.85. The number of nitrogens with zero attached hydrogens (tertiary/aromatic N) is 3. The summed E-state index contributed by atoms with van der Waals surface area (Å²) in [6.45, 7) is 26.2. The van der Waals surface area contributed by atoms with Crippen molar-refractivity contribution in [1.29, 1.82) is 0 Å². The molecule has 3 aliphatic carbocycles. The van der Waals surface area contributed by atoms with E-state index < -0.39 is 35.0 Å². The molecule has 5 atom stereocenters. The quantitative estimate of drug-likeness (QED) is 0.209. The fourth-order valence-corrected chi connectivity index (χ4v) is 11.1. The molecule has 5 fully saturated rings. The van der Waals surface area contributed by atoms with Crippen molar-refractivity contribution < 1.29 is 24.0 Å². The van der Waals surface area contributed by atoms with Crippen molar-refractivity contribution in [3.05, 3.63) is 0 Å². The number of Topliss-reactive ketones (excluding diaryl/α,β-unsaturated/α-hetero) is 3. The van der Waals surface area contributed by atoms with Gasteiger partial charge in [-0.25, -0.2) is 0 Å². The summed E-state index contributed by atoms with van der Waals surface area (Å²) in [4.78, 5) is 75.5. The number of nitrogens with two attached hydrogens (primary N) is 1. The maximum absolute atomic E-state index is 15.0. The first-order valence-corrected chi connectivity index (χ1v) is 20.5. The molecule has 2 heterocycles. The highest BCUT2D eigenvalue weighted by Crippen LogP contribution is 2.88. The number of carbonyl (C=O) groups is 5. The molecule has 5 aliphatic rings. The molecular weight excluding hydrogens is 652 g/mol. The molecule has 0 aromatic carbocycles. The van der Waals surface area contributed by atoms with E-state index in [4.69, 9.17) is 5.73 Å². The normalized spacial score (nSPS) is 28.9. The van der Waals surface area contributed by atoms with Crippen molar-refractivity contribution in [2.24, 2.45) is 56.5 Å². The molecule has 5 rings (SSSR count). The van der Waals surface area contributed by atoms with Crippen LogP contribution in [0.2, 0.25) is 0 Å². The molecule has 0 bridgehead atoms. The standard InChI is InChI=1S/C43H72N4O5/c1-38(2,3)30(25-46-19-18-45(11)40(7,8)26-46)22-31(48)23-32(39(4,5)6)37(52)47-27-43(41(9,10)42(43)16-13-17-42)24-33(47)34(49)21-29(35(50)36(44)51)20-28-14-12-15-28/h28-30,32-33H,12-27H2,1-11H3,(H2,44,51)/t29?,30-,32-,33+,43-/m1/s1. The van der Waals surface area contributed by atoms with E-state index in [2.05, 4.69) is 65.3 Å². The van der Waals surface area contributed by atoms with Gasteiger partial charge in [0.15, 0.2) is 5.78 Å². The van der Waals surface area contributed by atoms with Crippen molar-refractivity contribution >= 4 is 29.2 Å². The molecule has 0 radical (unpaired) electrons. The van der Waals surface area contributed by atoms with Crippen LogP contribution in [-0.2, 0) is 24.0 Å². The zero-order valence-corrected chi connectivity index (χ0v) is 34.7. The molecule has 2 saturated heterocycles. The molecule has 52 heavy (non-hydrogen) atoms.